The Bertz CT molecular complexity index is 1570. The van der Waals surface area contributed by atoms with Crippen molar-refractivity contribution in [1.82, 2.24) is 4.98 Å². The number of rotatable bonds is 6. The predicted molar refractivity (Wildman–Crippen MR) is 138 cm³/mol. The molecular formula is C31H23FN2O3. The summed E-state index contributed by atoms with van der Waals surface area (Å²) in [7, 11) is 0. The van der Waals surface area contributed by atoms with Gasteiger partial charge < -0.3 is 9.84 Å². The first kappa shape index (κ1) is 22.9. The molecule has 0 amide bonds. The van der Waals surface area contributed by atoms with E-state index in [-0.39, 0.29) is 30.2 Å². The van der Waals surface area contributed by atoms with Crippen LogP contribution in [0.2, 0.25) is 0 Å². The van der Waals surface area contributed by atoms with E-state index < -0.39 is 5.97 Å². The summed E-state index contributed by atoms with van der Waals surface area (Å²) in [5.41, 5.74) is 7.93. The molecule has 182 valence electrons. The van der Waals surface area contributed by atoms with Crippen LogP contribution >= 0.6 is 0 Å². The molecule has 1 fully saturated rings. The molecule has 0 aliphatic heterocycles. The van der Waals surface area contributed by atoms with Crippen LogP contribution in [0.5, 0.6) is 5.88 Å². The van der Waals surface area contributed by atoms with Gasteiger partial charge in [0.1, 0.15) is 12.4 Å². The van der Waals surface area contributed by atoms with Crippen molar-refractivity contribution in [1.29, 1.82) is 0 Å². The number of benzene rings is 3. The Morgan fingerprint density at radius 3 is 2.43 bits per heavy atom. The van der Waals surface area contributed by atoms with Gasteiger partial charge in [0.2, 0.25) is 5.88 Å². The zero-order valence-electron chi connectivity index (χ0n) is 20.1. The van der Waals surface area contributed by atoms with E-state index in [2.05, 4.69) is 9.83 Å². The normalized spacial score (nSPS) is 19.0. The zero-order chi connectivity index (χ0) is 25.7. The van der Waals surface area contributed by atoms with Crippen LogP contribution in [0.3, 0.4) is 0 Å². The highest BCUT2D eigenvalue weighted by Gasteiger charge is 2.59. The topological polar surface area (TPSA) is 63.8 Å². The van der Waals surface area contributed by atoms with Crippen LogP contribution < -0.4 is 4.74 Å². The van der Waals surface area contributed by atoms with Gasteiger partial charge in [0.25, 0.3) is 0 Å². The fraction of sp³-hybridized carbons (Fsp3) is 0.194. The van der Waals surface area contributed by atoms with E-state index >= 15 is 0 Å². The Balaban J connectivity index is 1.19. The molecule has 6 heteroatoms. The van der Waals surface area contributed by atoms with Gasteiger partial charge in [-0.2, -0.15) is 0 Å². The Morgan fingerprint density at radius 2 is 1.76 bits per heavy atom. The van der Waals surface area contributed by atoms with Gasteiger partial charge >= 0.3 is 5.97 Å². The van der Waals surface area contributed by atoms with Crippen LogP contribution in [-0.2, 0) is 17.8 Å². The number of ether oxygens (including phenoxy) is 1. The SMILES string of the molecule is [C-]#[N+]c1ccc(-c2ccc(-c3cc(COc4cc5c(cn4)[C@H]4[C@@H](C5)[C@@H]4C(=O)O)c(F)cc3C)cc2)cc1. The summed E-state index contributed by atoms with van der Waals surface area (Å²) in [5, 5.41) is 9.29. The van der Waals surface area contributed by atoms with E-state index in [9.17, 15) is 14.3 Å². The van der Waals surface area contributed by atoms with Crippen LogP contribution in [-0.4, -0.2) is 16.1 Å². The first-order chi connectivity index (χ1) is 17.9. The van der Waals surface area contributed by atoms with Crippen molar-refractivity contribution in [3.63, 3.8) is 0 Å². The lowest BCUT2D eigenvalue weighted by atomic mass is 9.95. The van der Waals surface area contributed by atoms with Crippen molar-refractivity contribution in [2.45, 2.75) is 25.9 Å². The molecule has 1 aromatic heterocycles. The molecule has 4 aromatic rings. The number of aliphatic carboxylic acids is 1. The highest BCUT2D eigenvalue weighted by molar-refractivity contribution is 5.78. The largest absolute Gasteiger partial charge is 0.481 e. The molecule has 1 saturated carbocycles. The average Bonchev–Trinajstić information content (AvgIpc) is 3.51. The molecule has 2 aliphatic carbocycles. The van der Waals surface area contributed by atoms with Crippen LogP contribution in [0.1, 0.15) is 28.2 Å². The van der Waals surface area contributed by atoms with E-state index in [4.69, 9.17) is 11.3 Å². The summed E-state index contributed by atoms with van der Waals surface area (Å²) in [6, 6.07) is 20.8. The van der Waals surface area contributed by atoms with Crippen LogP contribution in [0.15, 0.2) is 72.9 Å². The van der Waals surface area contributed by atoms with E-state index in [1.165, 1.54) is 6.07 Å². The number of aryl methyl sites for hydroxylation is 1. The van der Waals surface area contributed by atoms with Gasteiger partial charge in [-0.25, -0.2) is 14.2 Å². The number of fused-ring (bicyclic) bond motifs is 3. The zero-order valence-corrected chi connectivity index (χ0v) is 20.1. The molecule has 37 heavy (non-hydrogen) atoms. The van der Waals surface area contributed by atoms with Crippen molar-refractivity contribution in [2.75, 3.05) is 0 Å². The number of aromatic nitrogens is 1. The van der Waals surface area contributed by atoms with E-state index in [1.807, 2.05) is 55.5 Å². The molecule has 1 heterocycles. The smallest absolute Gasteiger partial charge is 0.307 e. The first-order valence-electron chi connectivity index (χ1n) is 12.1. The first-order valence-corrected chi connectivity index (χ1v) is 12.1. The molecule has 3 aromatic carbocycles. The van der Waals surface area contributed by atoms with Crippen molar-refractivity contribution in [3.8, 4) is 28.1 Å². The Kier molecular flexibility index (Phi) is 5.49. The van der Waals surface area contributed by atoms with Gasteiger partial charge in [-0.3, -0.25) is 4.79 Å². The number of carboxylic acid groups (broad SMARTS) is 1. The van der Waals surface area contributed by atoms with Crippen molar-refractivity contribution < 1.29 is 19.0 Å². The van der Waals surface area contributed by atoms with E-state index in [0.29, 0.717) is 17.1 Å². The number of carboxylic acids is 1. The van der Waals surface area contributed by atoms with Crippen molar-refractivity contribution in [3.05, 3.63) is 112 Å². The molecule has 0 saturated heterocycles. The number of pyridine rings is 1. The molecule has 5 nitrogen and oxygen atoms in total. The van der Waals surface area contributed by atoms with Gasteiger partial charge in [0, 0.05) is 23.7 Å². The van der Waals surface area contributed by atoms with E-state index in [0.717, 1.165) is 45.4 Å². The third-order valence-electron chi connectivity index (χ3n) is 7.56. The predicted octanol–water partition coefficient (Wildman–Crippen LogP) is 6.96. The van der Waals surface area contributed by atoms with Crippen LogP contribution in [0.4, 0.5) is 10.1 Å². The summed E-state index contributed by atoms with van der Waals surface area (Å²) in [5.74, 6) is -0.717. The standard InChI is InChI=1S/C31H23FN2O3/c1-17-11-27(32)22(16-37-28-14-21-12-25-29(26(21)15-34-28)30(25)31(35)36)13-24(17)20-5-3-18(4-6-20)19-7-9-23(33-2)10-8-19/h3-11,13-15,25,29-30H,12,16H2,1H3,(H,35,36)/t25-,29-,30+/m1/s1. The maximum atomic E-state index is 14.8. The van der Waals surface area contributed by atoms with Gasteiger partial charge in [0.05, 0.1) is 12.5 Å². The second-order valence-electron chi connectivity index (χ2n) is 9.76. The molecule has 0 spiro atoms. The number of hydrogen-bond donors (Lipinski definition) is 1. The third-order valence-corrected chi connectivity index (χ3v) is 7.56. The fourth-order valence-corrected chi connectivity index (χ4v) is 5.55. The molecule has 3 atom stereocenters. The number of hydrogen-bond acceptors (Lipinski definition) is 3. The second-order valence-corrected chi connectivity index (χ2v) is 9.76. The van der Waals surface area contributed by atoms with Crippen LogP contribution in [0, 0.1) is 31.1 Å². The molecule has 0 bridgehead atoms. The number of carbonyl (C=O) groups is 1. The average molecular weight is 491 g/mol. The minimum atomic E-state index is -0.739. The number of nitrogens with zero attached hydrogens (tertiary/aromatic N) is 2. The molecule has 2 aliphatic rings. The van der Waals surface area contributed by atoms with Crippen molar-refractivity contribution >= 4 is 11.7 Å². The number of halogens is 1. The Labute approximate surface area is 214 Å². The van der Waals surface area contributed by atoms with E-state index in [1.54, 1.807) is 18.3 Å². The third kappa shape index (κ3) is 4.13. The summed E-state index contributed by atoms with van der Waals surface area (Å²) < 4.78 is 20.7. The summed E-state index contributed by atoms with van der Waals surface area (Å²) in [6.45, 7) is 9.03. The maximum absolute atomic E-state index is 14.8. The lowest BCUT2D eigenvalue weighted by molar-refractivity contribution is -0.139. The lowest BCUT2D eigenvalue weighted by Crippen LogP contribution is -2.06. The van der Waals surface area contributed by atoms with Gasteiger partial charge in [0.15, 0.2) is 5.69 Å². The highest BCUT2D eigenvalue weighted by atomic mass is 19.1. The molecule has 0 unspecified atom stereocenters. The molecule has 6 rings (SSSR count). The molecule has 1 N–H and O–H groups in total. The van der Waals surface area contributed by atoms with Gasteiger partial charge in [-0.05, 0) is 70.3 Å². The molecule has 0 radical (unpaired) electrons. The highest BCUT2D eigenvalue weighted by Crippen LogP contribution is 2.61. The maximum Gasteiger partial charge on any atom is 0.307 e. The monoisotopic (exact) mass is 490 g/mol. The van der Waals surface area contributed by atoms with Gasteiger partial charge in [-0.1, -0.05) is 48.5 Å². The fourth-order valence-electron chi connectivity index (χ4n) is 5.55. The minimum Gasteiger partial charge on any atom is -0.481 e. The van der Waals surface area contributed by atoms with Crippen LogP contribution in [0.25, 0.3) is 27.1 Å². The molecular weight excluding hydrogens is 467 g/mol. The Hall–Kier alpha value is -4.50. The summed E-state index contributed by atoms with van der Waals surface area (Å²) >= 11 is 0. The Morgan fingerprint density at radius 1 is 1.08 bits per heavy atom. The quantitative estimate of drug-likeness (QED) is 0.297. The van der Waals surface area contributed by atoms with Crippen molar-refractivity contribution in [2.24, 2.45) is 11.8 Å². The lowest BCUT2D eigenvalue weighted by Gasteiger charge is -2.13. The minimum absolute atomic E-state index is 0.0427. The van der Waals surface area contributed by atoms with Gasteiger partial charge in [-0.15, -0.1) is 0 Å². The summed E-state index contributed by atoms with van der Waals surface area (Å²) in [4.78, 5) is 19.1. The summed E-state index contributed by atoms with van der Waals surface area (Å²) in [6.07, 6.45) is 2.44. The second kappa shape index (κ2) is 8.86.